The smallest absolute Gasteiger partial charge is 0.0641 e. The van der Waals surface area contributed by atoms with Crippen molar-refractivity contribution in [2.45, 2.75) is 19.4 Å². The lowest BCUT2D eigenvalue weighted by molar-refractivity contribution is 0.0106. The quantitative estimate of drug-likeness (QED) is 0.860. The van der Waals surface area contributed by atoms with E-state index in [0.717, 1.165) is 39.4 Å². The van der Waals surface area contributed by atoms with Crippen LogP contribution in [-0.2, 0) is 18.3 Å². The second kappa shape index (κ2) is 7.18. The van der Waals surface area contributed by atoms with Crippen LogP contribution >= 0.6 is 0 Å². The molecule has 1 aromatic heterocycles. The highest BCUT2D eigenvalue weighted by Gasteiger charge is 2.39. The molecule has 1 unspecified atom stereocenters. The summed E-state index contributed by atoms with van der Waals surface area (Å²) < 4.78 is 7.95. The van der Waals surface area contributed by atoms with Crippen molar-refractivity contribution < 1.29 is 4.74 Å². The van der Waals surface area contributed by atoms with E-state index in [9.17, 15) is 0 Å². The number of likely N-dealkylation sites (tertiary alicyclic amines) is 1. The number of rotatable bonds is 3. The molecule has 1 atom stereocenters. The maximum atomic E-state index is 6.06. The largest absolute Gasteiger partial charge is 0.379 e. The standard InChI is InChI=1S/C20H28N4O/c1-22-13-18(12-21-22)14-23-9-5-8-20(15-23)16-24(10-11-25-17-20)19-6-3-2-4-7-19/h2-4,6-7,12-13H,5,8-11,14-17H2,1H3. The molecule has 2 aliphatic heterocycles. The van der Waals surface area contributed by atoms with Crippen LogP contribution in [0.15, 0.2) is 42.7 Å². The minimum absolute atomic E-state index is 0.229. The molecular weight excluding hydrogens is 312 g/mol. The molecule has 134 valence electrons. The second-order valence-corrected chi connectivity index (χ2v) is 7.65. The molecule has 0 amide bonds. The summed E-state index contributed by atoms with van der Waals surface area (Å²) in [4.78, 5) is 5.10. The van der Waals surface area contributed by atoms with Crippen molar-refractivity contribution in [3.8, 4) is 0 Å². The van der Waals surface area contributed by atoms with Gasteiger partial charge in [0.05, 0.1) is 19.4 Å². The van der Waals surface area contributed by atoms with Gasteiger partial charge in [-0.2, -0.15) is 5.10 Å². The summed E-state index contributed by atoms with van der Waals surface area (Å²) in [6, 6.07) is 10.8. The topological polar surface area (TPSA) is 33.5 Å². The number of para-hydroxylation sites is 1. The van der Waals surface area contributed by atoms with Crippen LogP contribution < -0.4 is 4.90 Å². The molecule has 0 aliphatic carbocycles. The number of piperidine rings is 1. The summed E-state index contributed by atoms with van der Waals surface area (Å²) in [6.45, 7) is 7.02. The molecule has 0 N–H and O–H groups in total. The number of ether oxygens (including phenoxy) is 1. The summed E-state index contributed by atoms with van der Waals surface area (Å²) >= 11 is 0. The third kappa shape index (κ3) is 3.88. The van der Waals surface area contributed by atoms with Gasteiger partial charge in [-0.25, -0.2) is 0 Å². The van der Waals surface area contributed by atoms with E-state index in [1.54, 1.807) is 0 Å². The maximum absolute atomic E-state index is 6.06. The molecule has 3 heterocycles. The van der Waals surface area contributed by atoms with Crippen LogP contribution in [0.1, 0.15) is 18.4 Å². The molecule has 0 saturated carbocycles. The van der Waals surface area contributed by atoms with E-state index < -0.39 is 0 Å². The van der Waals surface area contributed by atoms with Crippen LogP contribution in [0.4, 0.5) is 5.69 Å². The summed E-state index contributed by atoms with van der Waals surface area (Å²) in [6.07, 6.45) is 6.61. The first-order valence-corrected chi connectivity index (χ1v) is 9.30. The lowest BCUT2D eigenvalue weighted by Crippen LogP contribution is -2.50. The Labute approximate surface area is 150 Å². The summed E-state index contributed by atoms with van der Waals surface area (Å²) in [5.41, 5.74) is 2.85. The van der Waals surface area contributed by atoms with Crippen molar-refractivity contribution in [3.05, 3.63) is 48.3 Å². The van der Waals surface area contributed by atoms with E-state index in [0.29, 0.717) is 0 Å². The number of hydrogen-bond donors (Lipinski definition) is 0. The number of anilines is 1. The zero-order valence-corrected chi connectivity index (χ0v) is 15.1. The fourth-order valence-electron chi connectivity index (χ4n) is 4.36. The fraction of sp³-hybridized carbons (Fsp3) is 0.550. The summed E-state index contributed by atoms with van der Waals surface area (Å²) in [7, 11) is 1.98. The van der Waals surface area contributed by atoms with Gasteiger partial charge in [0.2, 0.25) is 0 Å². The predicted octanol–water partition coefficient (Wildman–Crippen LogP) is 2.54. The molecule has 0 bridgehead atoms. The predicted molar refractivity (Wildman–Crippen MR) is 99.6 cm³/mol. The van der Waals surface area contributed by atoms with E-state index in [-0.39, 0.29) is 5.41 Å². The Morgan fingerprint density at radius 1 is 1.16 bits per heavy atom. The van der Waals surface area contributed by atoms with Gasteiger partial charge in [0.15, 0.2) is 0 Å². The minimum atomic E-state index is 0.229. The van der Waals surface area contributed by atoms with Crippen LogP contribution in [0, 0.1) is 5.41 Å². The van der Waals surface area contributed by atoms with Gasteiger partial charge in [-0.1, -0.05) is 18.2 Å². The van der Waals surface area contributed by atoms with Gasteiger partial charge in [-0.3, -0.25) is 9.58 Å². The molecule has 25 heavy (non-hydrogen) atoms. The number of hydrogen-bond acceptors (Lipinski definition) is 4. The molecule has 4 rings (SSSR count). The molecule has 2 fully saturated rings. The van der Waals surface area contributed by atoms with Crippen molar-refractivity contribution in [1.82, 2.24) is 14.7 Å². The number of aromatic nitrogens is 2. The molecule has 2 aromatic rings. The minimum Gasteiger partial charge on any atom is -0.379 e. The molecule has 0 radical (unpaired) electrons. The molecular formula is C20H28N4O. The van der Waals surface area contributed by atoms with Crippen LogP contribution in [0.3, 0.4) is 0 Å². The summed E-state index contributed by atoms with van der Waals surface area (Å²) in [5, 5.41) is 4.31. The lowest BCUT2D eigenvalue weighted by atomic mass is 9.80. The molecule has 1 spiro atoms. The molecule has 5 heteroatoms. The highest BCUT2D eigenvalue weighted by molar-refractivity contribution is 5.46. The Morgan fingerprint density at radius 2 is 2.04 bits per heavy atom. The van der Waals surface area contributed by atoms with Gasteiger partial charge in [0, 0.05) is 56.1 Å². The van der Waals surface area contributed by atoms with Gasteiger partial charge in [-0.05, 0) is 31.5 Å². The fourth-order valence-corrected chi connectivity index (χ4v) is 4.36. The van der Waals surface area contributed by atoms with E-state index in [4.69, 9.17) is 4.74 Å². The van der Waals surface area contributed by atoms with Crippen molar-refractivity contribution in [3.63, 3.8) is 0 Å². The Morgan fingerprint density at radius 3 is 2.84 bits per heavy atom. The van der Waals surface area contributed by atoms with Crippen molar-refractivity contribution >= 4 is 5.69 Å². The first-order valence-electron chi connectivity index (χ1n) is 9.30. The summed E-state index contributed by atoms with van der Waals surface area (Å²) in [5.74, 6) is 0. The maximum Gasteiger partial charge on any atom is 0.0641 e. The Hall–Kier alpha value is -1.85. The van der Waals surface area contributed by atoms with Gasteiger partial charge in [-0.15, -0.1) is 0 Å². The van der Waals surface area contributed by atoms with Gasteiger partial charge in [0.25, 0.3) is 0 Å². The Kier molecular flexibility index (Phi) is 4.77. The first-order chi connectivity index (χ1) is 12.2. The molecule has 2 saturated heterocycles. The van der Waals surface area contributed by atoms with Crippen LogP contribution in [0.25, 0.3) is 0 Å². The van der Waals surface area contributed by atoms with Gasteiger partial charge >= 0.3 is 0 Å². The Bertz CT molecular complexity index is 686. The number of benzene rings is 1. The van der Waals surface area contributed by atoms with E-state index >= 15 is 0 Å². The SMILES string of the molecule is Cn1cc(CN2CCCC3(COCCN(c4ccccc4)C3)C2)cn1. The zero-order valence-electron chi connectivity index (χ0n) is 15.1. The highest BCUT2D eigenvalue weighted by Crippen LogP contribution is 2.35. The van der Waals surface area contributed by atoms with Gasteiger partial charge < -0.3 is 9.64 Å². The average molecular weight is 340 g/mol. The highest BCUT2D eigenvalue weighted by atomic mass is 16.5. The monoisotopic (exact) mass is 340 g/mol. The van der Waals surface area contributed by atoms with E-state index in [1.165, 1.54) is 30.6 Å². The van der Waals surface area contributed by atoms with Crippen molar-refractivity contribution in [2.75, 3.05) is 44.3 Å². The third-order valence-corrected chi connectivity index (χ3v) is 5.47. The molecule has 1 aromatic carbocycles. The normalized spacial score (nSPS) is 25.2. The third-order valence-electron chi connectivity index (χ3n) is 5.47. The van der Waals surface area contributed by atoms with Crippen molar-refractivity contribution in [2.24, 2.45) is 12.5 Å². The average Bonchev–Trinajstić information content (AvgIpc) is 2.92. The first kappa shape index (κ1) is 16.6. The number of aryl methyl sites for hydroxylation is 1. The van der Waals surface area contributed by atoms with E-state index in [1.807, 2.05) is 17.9 Å². The van der Waals surface area contributed by atoms with Crippen molar-refractivity contribution in [1.29, 1.82) is 0 Å². The molecule has 5 nitrogen and oxygen atoms in total. The van der Waals surface area contributed by atoms with Crippen LogP contribution in [-0.4, -0.2) is 54.1 Å². The van der Waals surface area contributed by atoms with E-state index in [2.05, 4.69) is 51.4 Å². The van der Waals surface area contributed by atoms with Crippen LogP contribution in [0.5, 0.6) is 0 Å². The number of nitrogens with zero attached hydrogens (tertiary/aromatic N) is 4. The van der Waals surface area contributed by atoms with Crippen LogP contribution in [0.2, 0.25) is 0 Å². The zero-order chi connectivity index (χ0) is 17.1. The molecule has 2 aliphatic rings. The second-order valence-electron chi connectivity index (χ2n) is 7.65. The Balaban J connectivity index is 1.48. The van der Waals surface area contributed by atoms with Gasteiger partial charge in [0.1, 0.15) is 0 Å². The lowest BCUT2D eigenvalue weighted by Gasteiger charge is -2.44.